The SMILES string of the molecule is CC(C)(C)c1cc(C2=Nn3ccnc3SC2)cc(C(C)(C)C)c1O.Cl. The van der Waals surface area contributed by atoms with Crippen LogP contribution in [0.25, 0.3) is 0 Å². The average molecular weight is 380 g/mol. The fraction of sp³-hybridized carbons (Fsp3) is 0.474. The maximum atomic E-state index is 10.8. The van der Waals surface area contributed by atoms with E-state index in [1.54, 1.807) is 18.0 Å². The van der Waals surface area contributed by atoms with E-state index >= 15 is 0 Å². The molecule has 0 unspecified atom stereocenters. The Bertz CT molecular complexity index is 778. The van der Waals surface area contributed by atoms with Crippen LogP contribution in [0.15, 0.2) is 34.8 Å². The third-order valence-electron chi connectivity index (χ3n) is 4.21. The number of phenols is 1. The minimum Gasteiger partial charge on any atom is -0.507 e. The molecule has 3 rings (SSSR count). The van der Waals surface area contributed by atoms with Crippen LogP contribution in [0, 0.1) is 0 Å². The second-order valence-electron chi connectivity index (χ2n) is 8.31. The van der Waals surface area contributed by atoms with Crippen LogP contribution in [0.4, 0.5) is 0 Å². The van der Waals surface area contributed by atoms with E-state index in [9.17, 15) is 5.11 Å². The van der Waals surface area contributed by atoms with Gasteiger partial charge < -0.3 is 5.11 Å². The van der Waals surface area contributed by atoms with Crippen LogP contribution in [-0.4, -0.2) is 26.2 Å². The van der Waals surface area contributed by atoms with Gasteiger partial charge in [0.15, 0.2) is 5.16 Å². The first-order chi connectivity index (χ1) is 11.1. The van der Waals surface area contributed by atoms with Crippen LogP contribution < -0.4 is 0 Å². The summed E-state index contributed by atoms with van der Waals surface area (Å²) in [5.74, 6) is 1.20. The van der Waals surface area contributed by atoms with Crippen molar-refractivity contribution in [2.45, 2.75) is 57.5 Å². The number of halogens is 1. The lowest BCUT2D eigenvalue weighted by Crippen LogP contribution is -2.20. The summed E-state index contributed by atoms with van der Waals surface area (Å²) >= 11 is 1.69. The summed E-state index contributed by atoms with van der Waals surface area (Å²) in [6.07, 6.45) is 3.64. The molecule has 0 spiro atoms. The van der Waals surface area contributed by atoms with Crippen molar-refractivity contribution in [3.8, 4) is 5.75 Å². The van der Waals surface area contributed by atoms with E-state index in [0.29, 0.717) is 5.75 Å². The van der Waals surface area contributed by atoms with Gasteiger partial charge in [0.05, 0.1) is 5.71 Å². The van der Waals surface area contributed by atoms with E-state index in [1.165, 1.54) is 0 Å². The van der Waals surface area contributed by atoms with Crippen molar-refractivity contribution < 1.29 is 5.11 Å². The van der Waals surface area contributed by atoms with Gasteiger partial charge in [0.2, 0.25) is 0 Å². The number of fused-ring (bicyclic) bond motifs is 1. The van der Waals surface area contributed by atoms with Gasteiger partial charge in [-0.05, 0) is 28.5 Å². The van der Waals surface area contributed by atoms with Gasteiger partial charge in [-0.2, -0.15) is 5.10 Å². The summed E-state index contributed by atoms with van der Waals surface area (Å²) in [5, 5.41) is 16.5. The maximum Gasteiger partial charge on any atom is 0.189 e. The molecular weight excluding hydrogens is 354 g/mol. The third-order valence-corrected chi connectivity index (χ3v) is 5.18. The highest BCUT2D eigenvalue weighted by molar-refractivity contribution is 7.99. The van der Waals surface area contributed by atoms with E-state index in [2.05, 4.69) is 58.7 Å². The third kappa shape index (κ3) is 3.87. The molecule has 1 aromatic carbocycles. The molecule has 4 nitrogen and oxygen atoms in total. The van der Waals surface area contributed by atoms with Crippen molar-refractivity contribution in [3.63, 3.8) is 0 Å². The first-order valence-corrected chi connectivity index (χ1v) is 9.18. The van der Waals surface area contributed by atoms with Crippen molar-refractivity contribution in [3.05, 3.63) is 41.2 Å². The zero-order valence-electron chi connectivity index (χ0n) is 15.6. The number of aromatic hydroxyl groups is 1. The number of phenolic OH excluding ortho intramolecular Hbond substituents is 1. The number of aromatic nitrogens is 2. The first kappa shape index (κ1) is 19.9. The number of imidazole rings is 1. The van der Waals surface area contributed by atoms with Crippen molar-refractivity contribution in [2.24, 2.45) is 5.10 Å². The van der Waals surface area contributed by atoms with Gasteiger partial charge in [-0.3, -0.25) is 0 Å². The van der Waals surface area contributed by atoms with Gasteiger partial charge >= 0.3 is 0 Å². The van der Waals surface area contributed by atoms with Gasteiger partial charge in [-0.1, -0.05) is 53.3 Å². The van der Waals surface area contributed by atoms with E-state index in [-0.39, 0.29) is 23.2 Å². The van der Waals surface area contributed by atoms with E-state index in [1.807, 2.05) is 10.9 Å². The van der Waals surface area contributed by atoms with Gasteiger partial charge in [0, 0.05) is 29.3 Å². The lowest BCUT2D eigenvalue weighted by Gasteiger charge is -2.28. The molecule has 0 atom stereocenters. The summed E-state index contributed by atoms with van der Waals surface area (Å²) in [6, 6.07) is 4.18. The minimum absolute atomic E-state index is 0. The van der Waals surface area contributed by atoms with Gasteiger partial charge in [-0.25, -0.2) is 9.66 Å². The molecule has 6 heteroatoms. The maximum absolute atomic E-state index is 10.8. The van der Waals surface area contributed by atoms with Crippen molar-refractivity contribution in [1.29, 1.82) is 0 Å². The summed E-state index contributed by atoms with van der Waals surface area (Å²) in [7, 11) is 0. The molecular formula is C19H26ClN3OS. The molecule has 1 aliphatic rings. The number of hydrogen-bond acceptors (Lipinski definition) is 4. The molecule has 2 aromatic rings. The fourth-order valence-corrected chi connectivity index (χ4v) is 3.70. The minimum atomic E-state index is -0.136. The highest BCUT2D eigenvalue weighted by Gasteiger charge is 2.28. The zero-order chi connectivity index (χ0) is 17.7. The molecule has 0 saturated carbocycles. The molecule has 2 heterocycles. The molecule has 0 aliphatic carbocycles. The average Bonchev–Trinajstić information content (AvgIpc) is 2.92. The molecule has 0 radical (unpaired) electrons. The van der Waals surface area contributed by atoms with Crippen LogP contribution in [0.3, 0.4) is 0 Å². The van der Waals surface area contributed by atoms with E-state index in [0.717, 1.165) is 33.3 Å². The molecule has 0 saturated heterocycles. The standard InChI is InChI=1S/C19H25N3OS.ClH/c1-18(2,3)13-9-12(10-14(16(13)23)19(4,5)6)15-11-24-17-20-7-8-22(17)21-15;/h7-10,23H,11H2,1-6H3;1H. The largest absolute Gasteiger partial charge is 0.507 e. The predicted molar refractivity (Wildman–Crippen MR) is 108 cm³/mol. The number of hydrogen-bond donors (Lipinski definition) is 1. The molecule has 25 heavy (non-hydrogen) atoms. The monoisotopic (exact) mass is 379 g/mol. The molecule has 0 amide bonds. The Morgan fingerprint density at radius 3 is 2.12 bits per heavy atom. The van der Waals surface area contributed by atoms with Gasteiger partial charge in [0.1, 0.15) is 5.75 Å². The highest BCUT2D eigenvalue weighted by Crippen LogP contribution is 2.40. The quantitative estimate of drug-likeness (QED) is 0.761. The highest BCUT2D eigenvalue weighted by atomic mass is 35.5. The molecule has 1 aromatic heterocycles. The lowest BCUT2D eigenvalue weighted by atomic mass is 9.78. The second kappa shape index (κ2) is 6.69. The van der Waals surface area contributed by atoms with Gasteiger partial charge in [-0.15, -0.1) is 12.4 Å². The smallest absolute Gasteiger partial charge is 0.189 e. The fourth-order valence-electron chi connectivity index (χ4n) is 2.84. The summed E-state index contributed by atoms with van der Waals surface area (Å²) in [6.45, 7) is 12.8. The zero-order valence-corrected chi connectivity index (χ0v) is 17.3. The Morgan fingerprint density at radius 1 is 1.04 bits per heavy atom. The van der Waals surface area contributed by atoms with Crippen LogP contribution in [0.1, 0.15) is 58.2 Å². The van der Waals surface area contributed by atoms with E-state index < -0.39 is 0 Å². The van der Waals surface area contributed by atoms with Crippen LogP contribution in [0.2, 0.25) is 0 Å². The molecule has 0 fully saturated rings. The topological polar surface area (TPSA) is 50.4 Å². The summed E-state index contributed by atoms with van der Waals surface area (Å²) < 4.78 is 1.82. The number of nitrogens with zero attached hydrogens (tertiary/aromatic N) is 3. The first-order valence-electron chi connectivity index (χ1n) is 8.20. The van der Waals surface area contributed by atoms with Crippen LogP contribution in [0.5, 0.6) is 5.75 Å². The Kier molecular flexibility index (Phi) is 5.31. The molecule has 0 bridgehead atoms. The molecule has 136 valence electrons. The van der Waals surface area contributed by atoms with Crippen molar-refractivity contribution >= 4 is 29.9 Å². The van der Waals surface area contributed by atoms with E-state index in [4.69, 9.17) is 5.10 Å². The Labute approximate surface area is 160 Å². The number of benzene rings is 1. The Morgan fingerprint density at radius 2 is 1.60 bits per heavy atom. The Hall–Kier alpha value is -1.46. The lowest BCUT2D eigenvalue weighted by molar-refractivity contribution is 0.423. The second-order valence-corrected chi connectivity index (χ2v) is 9.25. The number of thioether (sulfide) groups is 1. The summed E-state index contributed by atoms with van der Waals surface area (Å²) in [5.41, 5.74) is 3.75. The summed E-state index contributed by atoms with van der Waals surface area (Å²) in [4.78, 5) is 4.29. The van der Waals surface area contributed by atoms with Crippen molar-refractivity contribution in [1.82, 2.24) is 9.66 Å². The van der Waals surface area contributed by atoms with Crippen LogP contribution >= 0.6 is 24.2 Å². The number of rotatable bonds is 1. The van der Waals surface area contributed by atoms with Crippen LogP contribution in [-0.2, 0) is 10.8 Å². The van der Waals surface area contributed by atoms with Gasteiger partial charge in [0.25, 0.3) is 0 Å². The van der Waals surface area contributed by atoms with Crippen molar-refractivity contribution in [2.75, 3.05) is 5.75 Å². The molecule has 1 N–H and O–H groups in total. The normalized spacial score (nSPS) is 14.6. The predicted octanol–water partition coefficient (Wildman–Crippen LogP) is 4.96. The molecule has 1 aliphatic heterocycles. The Balaban J connectivity index is 0.00000225.